The lowest BCUT2D eigenvalue weighted by Crippen LogP contribution is -2.21. The lowest BCUT2D eigenvalue weighted by atomic mass is 10.2. The number of nitrogens with one attached hydrogen (secondary N) is 1. The first-order chi connectivity index (χ1) is 9.65. The molecular formula is C16H19NO2S. The molecule has 0 bridgehead atoms. The number of para-hydroxylation sites is 2. The van der Waals surface area contributed by atoms with E-state index >= 15 is 0 Å². The Hall–Kier alpha value is -1.94. The molecule has 2 rings (SSSR count). The second kappa shape index (κ2) is 9.04. The third-order valence-electron chi connectivity index (χ3n) is 2.55. The maximum atomic E-state index is 11.4. The lowest BCUT2D eigenvalue weighted by molar-refractivity contribution is -0.118. The van der Waals surface area contributed by atoms with Gasteiger partial charge in [0.2, 0.25) is 5.91 Å². The van der Waals surface area contributed by atoms with Crippen molar-refractivity contribution in [3.05, 3.63) is 60.7 Å². The van der Waals surface area contributed by atoms with Crippen LogP contribution in [0.2, 0.25) is 0 Å². The Labute approximate surface area is 125 Å². The number of aromatic hydroxyl groups is 1. The van der Waals surface area contributed by atoms with E-state index < -0.39 is 0 Å². The third kappa shape index (κ3) is 5.80. The summed E-state index contributed by atoms with van der Waals surface area (Å²) in [6.45, 7) is 1.78. The van der Waals surface area contributed by atoms with E-state index in [1.165, 1.54) is 6.07 Å². The quantitative estimate of drug-likeness (QED) is 0.597. The molecule has 1 unspecified atom stereocenters. The van der Waals surface area contributed by atoms with Gasteiger partial charge in [0.25, 0.3) is 0 Å². The van der Waals surface area contributed by atoms with Gasteiger partial charge in [0.1, 0.15) is 5.75 Å². The molecule has 2 N–H and O–H groups in total. The average molecular weight is 289 g/mol. The van der Waals surface area contributed by atoms with Gasteiger partial charge in [-0.3, -0.25) is 4.79 Å². The molecule has 0 heterocycles. The van der Waals surface area contributed by atoms with Crippen molar-refractivity contribution >= 4 is 24.2 Å². The highest BCUT2D eigenvalue weighted by molar-refractivity contribution is 7.80. The highest BCUT2D eigenvalue weighted by atomic mass is 32.1. The highest BCUT2D eigenvalue weighted by Crippen LogP contribution is 2.22. The Morgan fingerprint density at radius 3 is 2.05 bits per heavy atom. The molecule has 20 heavy (non-hydrogen) atoms. The molecule has 0 spiro atoms. The fraction of sp³-hybridized carbons (Fsp3) is 0.188. The SMILES string of the molecule is CC(CS)C(=O)Nc1ccccc1O.c1ccccc1. The van der Waals surface area contributed by atoms with E-state index in [1.54, 1.807) is 25.1 Å². The molecule has 1 amide bonds. The minimum Gasteiger partial charge on any atom is -0.506 e. The predicted octanol–water partition coefficient (Wildman–Crippen LogP) is 3.58. The van der Waals surface area contributed by atoms with Crippen LogP contribution in [-0.4, -0.2) is 16.8 Å². The Balaban J connectivity index is 0.000000276. The Morgan fingerprint density at radius 2 is 1.60 bits per heavy atom. The second-order valence-electron chi connectivity index (χ2n) is 4.24. The molecule has 0 saturated carbocycles. The number of hydrogen-bond acceptors (Lipinski definition) is 3. The van der Waals surface area contributed by atoms with Crippen molar-refractivity contribution < 1.29 is 9.90 Å². The molecule has 0 fully saturated rings. The van der Waals surface area contributed by atoms with Crippen molar-refractivity contribution in [3.63, 3.8) is 0 Å². The number of anilines is 1. The van der Waals surface area contributed by atoms with E-state index in [0.717, 1.165) is 0 Å². The summed E-state index contributed by atoms with van der Waals surface area (Å²) in [6.07, 6.45) is 0. The number of amides is 1. The normalized spacial score (nSPS) is 10.9. The van der Waals surface area contributed by atoms with Crippen LogP contribution in [0.25, 0.3) is 0 Å². The molecule has 2 aromatic rings. The zero-order valence-electron chi connectivity index (χ0n) is 11.4. The molecule has 4 heteroatoms. The van der Waals surface area contributed by atoms with Crippen LogP contribution in [0.5, 0.6) is 5.75 Å². The van der Waals surface area contributed by atoms with Crippen LogP contribution in [0.1, 0.15) is 6.92 Å². The molecule has 0 aromatic heterocycles. The van der Waals surface area contributed by atoms with Gasteiger partial charge in [0.15, 0.2) is 0 Å². The first-order valence-corrected chi connectivity index (χ1v) is 6.98. The van der Waals surface area contributed by atoms with Crippen molar-refractivity contribution in [1.82, 2.24) is 0 Å². The molecule has 0 aliphatic heterocycles. The highest BCUT2D eigenvalue weighted by Gasteiger charge is 2.12. The van der Waals surface area contributed by atoms with Crippen LogP contribution in [0.3, 0.4) is 0 Å². The summed E-state index contributed by atoms with van der Waals surface area (Å²) in [5.74, 6) is 0.256. The van der Waals surface area contributed by atoms with E-state index in [2.05, 4.69) is 17.9 Å². The molecule has 106 valence electrons. The van der Waals surface area contributed by atoms with Crippen LogP contribution < -0.4 is 5.32 Å². The molecule has 1 atom stereocenters. The summed E-state index contributed by atoms with van der Waals surface area (Å²) in [5, 5.41) is 12.0. The zero-order valence-corrected chi connectivity index (χ0v) is 12.3. The van der Waals surface area contributed by atoms with Gasteiger partial charge in [-0.15, -0.1) is 0 Å². The Kier molecular flexibility index (Phi) is 7.29. The maximum Gasteiger partial charge on any atom is 0.228 e. The summed E-state index contributed by atoms with van der Waals surface area (Å²) in [7, 11) is 0. The van der Waals surface area contributed by atoms with Crippen LogP contribution >= 0.6 is 12.6 Å². The van der Waals surface area contributed by atoms with Crippen LogP contribution in [0.15, 0.2) is 60.7 Å². The molecular weight excluding hydrogens is 270 g/mol. The number of phenolic OH excluding ortho intramolecular Hbond substituents is 1. The maximum absolute atomic E-state index is 11.4. The molecule has 0 aliphatic carbocycles. The van der Waals surface area contributed by atoms with E-state index in [1.807, 2.05) is 36.4 Å². The van der Waals surface area contributed by atoms with Crippen molar-refractivity contribution in [1.29, 1.82) is 0 Å². The van der Waals surface area contributed by atoms with Gasteiger partial charge in [0.05, 0.1) is 5.69 Å². The summed E-state index contributed by atoms with van der Waals surface area (Å²) in [6, 6.07) is 18.6. The third-order valence-corrected chi connectivity index (χ3v) is 3.10. The smallest absolute Gasteiger partial charge is 0.228 e. The minimum absolute atomic E-state index is 0.0761. The Morgan fingerprint density at radius 1 is 1.10 bits per heavy atom. The van der Waals surface area contributed by atoms with Gasteiger partial charge in [-0.05, 0) is 12.1 Å². The molecule has 3 nitrogen and oxygen atoms in total. The number of carbonyl (C=O) groups excluding carboxylic acids is 1. The molecule has 0 saturated heterocycles. The van der Waals surface area contributed by atoms with Crippen molar-refractivity contribution in [2.75, 3.05) is 11.1 Å². The summed E-state index contributed by atoms with van der Waals surface area (Å²) >= 11 is 4.02. The van der Waals surface area contributed by atoms with Gasteiger partial charge >= 0.3 is 0 Å². The number of benzene rings is 2. The molecule has 2 aromatic carbocycles. The van der Waals surface area contributed by atoms with Gasteiger partial charge in [-0.2, -0.15) is 12.6 Å². The van der Waals surface area contributed by atoms with Gasteiger partial charge in [0, 0.05) is 11.7 Å². The first kappa shape index (κ1) is 16.1. The predicted molar refractivity (Wildman–Crippen MR) is 86.2 cm³/mol. The molecule has 0 aliphatic rings. The van der Waals surface area contributed by atoms with Gasteiger partial charge in [-0.1, -0.05) is 55.5 Å². The topological polar surface area (TPSA) is 49.3 Å². The fourth-order valence-corrected chi connectivity index (χ4v) is 1.47. The van der Waals surface area contributed by atoms with E-state index in [0.29, 0.717) is 11.4 Å². The number of rotatable bonds is 3. The molecule has 0 radical (unpaired) electrons. The first-order valence-electron chi connectivity index (χ1n) is 6.35. The van der Waals surface area contributed by atoms with Crippen LogP contribution in [0, 0.1) is 5.92 Å². The lowest BCUT2D eigenvalue weighted by Gasteiger charge is -2.10. The minimum atomic E-state index is -0.169. The number of thiol groups is 1. The average Bonchev–Trinajstić information content (AvgIpc) is 2.51. The van der Waals surface area contributed by atoms with E-state index in [4.69, 9.17) is 0 Å². The number of hydrogen-bond donors (Lipinski definition) is 3. The van der Waals surface area contributed by atoms with Crippen LogP contribution in [0.4, 0.5) is 5.69 Å². The second-order valence-corrected chi connectivity index (χ2v) is 4.61. The van der Waals surface area contributed by atoms with E-state index in [-0.39, 0.29) is 17.6 Å². The van der Waals surface area contributed by atoms with E-state index in [9.17, 15) is 9.90 Å². The largest absolute Gasteiger partial charge is 0.506 e. The number of carbonyl (C=O) groups is 1. The van der Waals surface area contributed by atoms with Crippen molar-refractivity contribution in [2.24, 2.45) is 5.92 Å². The van der Waals surface area contributed by atoms with Crippen molar-refractivity contribution in [2.45, 2.75) is 6.92 Å². The zero-order chi connectivity index (χ0) is 14.8. The fourth-order valence-electron chi connectivity index (χ4n) is 1.30. The summed E-state index contributed by atoms with van der Waals surface area (Å²) in [5.41, 5.74) is 0.436. The van der Waals surface area contributed by atoms with Gasteiger partial charge in [-0.25, -0.2) is 0 Å². The van der Waals surface area contributed by atoms with Crippen LogP contribution in [-0.2, 0) is 4.79 Å². The standard InChI is InChI=1S/C10H13NO2S.C6H6/c1-7(6-14)10(13)11-8-4-2-3-5-9(8)12;1-2-4-6-5-3-1/h2-5,7,12,14H,6H2,1H3,(H,11,13);1-6H. The summed E-state index contributed by atoms with van der Waals surface area (Å²) in [4.78, 5) is 11.4. The Bertz CT molecular complexity index is 490. The van der Waals surface area contributed by atoms with Gasteiger partial charge < -0.3 is 10.4 Å². The summed E-state index contributed by atoms with van der Waals surface area (Å²) < 4.78 is 0. The number of phenols is 1. The monoisotopic (exact) mass is 289 g/mol. The van der Waals surface area contributed by atoms with Crippen molar-refractivity contribution in [3.8, 4) is 5.75 Å².